The molecule has 0 radical (unpaired) electrons. The van der Waals surface area contributed by atoms with Crippen molar-refractivity contribution in [3.8, 4) is 10.6 Å². The molecule has 3 aromatic rings. The fraction of sp³-hybridized carbons (Fsp3) is 0.450. The molecule has 1 N–H and O–H groups in total. The normalized spacial score (nSPS) is 29.1. The first kappa shape index (κ1) is 15.8. The number of aromatic amines is 1. The Labute approximate surface area is 160 Å². The smallest absolute Gasteiger partial charge is 0.359 e. The third kappa shape index (κ3) is 2.12. The highest BCUT2D eigenvalue weighted by Crippen LogP contribution is 2.58. The van der Waals surface area contributed by atoms with E-state index in [0.717, 1.165) is 40.3 Å². The molecule has 2 aromatic heterocycles. The molecule has 6 nitrogen and oxygen atoms in total. The fourth-order valence-electron chi connectivity index (χ4n) is 5.16. The number of carbonyl (C=O) groups is 1. The van der Waals surface area contributed by atoms with Gasteiger partial charge < -0.3 is 4.74 Å². The van der Waals surface area contributed by atoms with Gasteiger partial charge in [-0.25, -0.2) is 9.78 Å². The number of H-pyrrole nitrogens is 1. The van der Waals surface area contributed by atoms with Crippen LogP contribution in [0.5, 0.6) is 0 Å². The molecule has 6 rings (SSSR count). The Morgan fingerprint density at radius 2 is 2.33 bits per heavy atom. The summed E-state index contributed by atoms with van der Waals surface area (Å²) in [5.41, 5.74) is 3.62. The van der Waals surface area contributed by atoms with Gasteiger partial charge in [0, 0.05) is 46.6 Å². The van der Waals surface area contributed by atoms with Crippen LogP contribution in [0.3, 0.4) is 0 Å². The van der Waals surface area contributed by atoms with Crippen molar-refractivity contribution >= 4 is 28.2 Å². The lowest BCUT2D eigenvalue weighted by Gasteiger charge is -2.57. The van der Waals surface area contributed by atoms with Gasteiger partial charge >= 0.3 is 5.97 Å². The third-order valence-corrected chi connectivity index (χ3v) is 7.76. The molecule has 0 amide bonds. The molecule has 138 valence electrons. The summed E-state index contributed by atoms with van der Waals surface area (Å²) in [4.78, 5) is 19.8. The minimum atomic E-state index is -0.311. The quantitative estimate of drug-likeness (QED) is 0.705. The molecule has 1 spiro atoms. The summed E-state index contributed by atoms with van der Waals surface area (Å²) in [6.07, 6.45) is 3.71. The number of aryl methyl sites for hydroxylation is 1. The maximum atomic E-state index is 12.8. The van der Waals surface area contributed by atoms with Crippen molar-refractivity contribution in [1.82, 2.24) is 20.1 Å². The highest BCUT2D eigenvalue weighted by atomic mass is 32.1. The zero-order valence-electron chi connectivity index (χ0n) is 15.1. The molecule has 0 bridgehead atoms. The van der Waals surface area contributed by atoms with Crippen molar-refractivity contribution in [2.45, 2.75) is 37.8 Å². The summed E-state index contributed by atoms with van der Waals surface area (Å²) in [7, 11) is 0. The van der Waals surface area contributed by atoms with Crippen LogP contribution in [0.25, 0.3) is 21.5 Å². The standard InChI is InChI=1S/C20H20N4O2S/c1-11-10-27-18(21-11)12-2-3-13-15(8-12)22-23-17(13)19(25)26-16-9-24-7-6-20(24)5-4-14(16)20/h2-3,8,10,14,16H,4-7,9H2,1H3,(H,22,23)/t14-,16+,20?/m1/s1. The van der Waals surface area contributed by atoms with Crippen molar-refractivity contribution in [2.75, 3.05) is 13.1 Å². The Hall–Kier alpha value is -2.25. The van der Waals surface area contributed by atoms with E-state index in [1.165, 1.54) is 19.3 Å². The zero-order chi connectivity index (χ0) is 18.2. The molecular formula is C20H20N4O2S. The van der Waals surface area contributed by atoms with E-state index in [1.807, 2.05) is 30.5 Å². The summed E-state index contributed by atoms with van der Waals surface area (Å²) in [5, 5.41) is 11.1. The Morgan fingerprint density at radius 3 is 3.00 bits per heavy atom. The number of aromatic nitrogens is 3. The van der Waals surface area contributed by atoms with Crippen LogP contribution >= 0.6 is 11.3 Å². The average molecular weight is 380 g/mol. The number of ether oxygens (including phenoxy) is 1. The van der Waals surface area contributed by atoms with Crippen LogP contribution < -0.4 is 0 Å². The van der Waals surface area contributed by atoms with E-state index >= 15 is 0 Å². The molecular weight excluding hydrogens is 360 g/mol. The van der Waals surface area contributed by atoms with E-state index in [1.54, 1.807) is 11.3 Å². The molecule has 3 atom stereocenters. The van der Waals surface area contributed by atoms with Crippen LogP contribution in [0.2, 0.25) is 0 Å². The molecule has 4 heterocycles. The van der Waals surface area contributed by atoms with Crippen molar-refractivity contribution in [2.24, 2.45) is 5.92 Å². The number of hydrogen-bond donors (Lipinski definition) is 1. The predicted octanol–water partition coefficient (Wildman–Crippen LogP) is 3.39. The van der Waals surface area contributed by atoms with Crippen molar-refractivity contribution in [3.05, 3.63) is 35.0 Å². The molecule has 2 saturated heterocycles. The second-order valence-corrected chi connectivity index (χ2v) is 8.87. The Morgan fingerprint density at radius 1 is 1.41 bits per heavy atom. The van der Waals surface area contributed by atoms with Gasteiger partial charge in [0.05, 0.1) is 5.52 Å². The van der Waals surface area contributed by atoms with Gasteiger partial charge in [0.25, 0.3) is 0 Å². The zero-order valence-corrected chi connectivity index (χ0v) is 15.9. The van der Waals surface area contributed by atoms with Crippen molar-refractivity contribution < 1.29 is 9.53 Å². The lowest BCUT2D eigenvalue weighted by molar-refractivity contribution is -0.0772. The monoisotopic (exact) mass is 380 g/mol. The molecule has 1 saturated carbocycles. The van der Waals surface area contributed by atoms with Crippen molar-refractivity contribution in [3.63, 3.8) is 0 Å². The highest BCUT2D eigenvalue weighted by Gasteiger charge is 2.64. The number of hydrogen-bond acceptors (Lipinski definition) is 6. The SMILES string of the molecule is Cc1csc(-c2ccc3c(C(=O)O[C@H]4CN5CCC56CC[C@H]46)n[nH]c3c2)n1. The number of carbonyl (C=O) groups excluding carboxylic acids is 1. The summed E-state index contributed by atoms with van der Waals surface area (Å²) < 4.78 is 5.92. The van der Waals surface area contributed by atoms with Crippen LogP contribution in [0, 0.1) is 12.8 Å². The number of benzene rings is 1. The van der Waals surface area contributed by atoms with Crippen LogP contribution in [-0.4, -0.2) is 50.8 Å². The predicted molar refractivity (Wildman–Crippen MR) is 103 cm³/mol. The minimum Gasteiger partial charge on any atom is -0.456 e. The van der Waals surface area contributed by atoms with E-state index in [2.05, 4.69) is 20.1 Å². The fourth-order valence-corrected chi connectivity index (χ4v) is 5.96. The third-order valence-electron chi connectivity index (χ3n) is 6.75. The lowest BCUT2D eigenvalue weighted by Crippen LogP contribution is -2.63. The molecule has 3 aliphatic rings. The second kappa shape index (κ2) is 5.39. The highest BCUT2D eigenvalue weighted by molar-refractivity contribution is 7.13. The maximum Gasteiger partial charge on any atom is 0.359 e. The van der Waals surface area contributed by atoms with E-state index in [-0.39, 0.29) is 12.1 Å². The van der Waals surface area contributed by atoms with Crippen LogP contribution in [0.1, 0.15) is 35.4 Å². The Kier molecular flexibility index (Phi) is 3.15. The second-order valence-electron chi connectivity index (χ2n) is 8.02. The van der Waals surface area contributed by atoms with Crippen molar-refractivity contribution in [1.29, 1.82) is 0 Å². The maximum absolute atomic E-state index is 12.8. The first-order chi connectivity index (χ1) is 13.1. The molecule has 1 unspecified atom stereocenters. The number of nitrogens with zero attached hydrogens (tertiary/aromatic N) is 3. The van der Waals surface area contributed by atoms with Gasteiger partial charge in [-0.2, -0.15) is 5.10 Å². The van der Waals surface area contributed by atoms with Crippen LogP contribution in [0.4, 0.5) is 0 Å². The molecule has 1 aliphatic carbocycles. The number of nitrogens with one attached hydrogen (secondary N) is 1. The molecule has 27 heavy (non-hydrogen) atoms. The number of fused-ring (bicyclic) bond motifs is 1. The van der Waals surface area contributed by atoms with Gasteiger partial charge in [-0.1, -0.05) is 6.07 Å². The lowest BCUT2D eigenvalue weighted by atomic mass is 9.61. The molecule has 3 fully saturated rings. The van der Waals surface area contributed by atoms with Gasteiger partial charge in [-0.15, -0.1) is 11.3 Å². The van der Waals surface area contributed by atoms with Gasteiger partial charge in [0.2, 0.25) is 0 Å². The van der Waals surface area contributed by atoms with E-state index in [0.29, 0.717) is 17.2 Å². The van der Waals surface area contributed by atoms with E-state index in [4.69, 9.17) is 4.74 Å². The summed E-state index contributed by atoms with van der Waals surface area (Å²) in [6.45, 7) is 4.02. The van der Waals surface area contributed by atoms with Gasteiger partial charge in [-0.3, -0.25) is 10.00 Å². The van der Waals surface area contributed by atoms with E-state index < -0.39 is 0 Å². The Balaban J connectivity index is 1.26. The molecule has 1 aromatic carbocycles. The summed E-state index contributed by atoms with van der Waals surface area (Å²) >= 11 is 1.62. The first-order valence-electron chi connectivity index (χ1n) is 9.51. The van der Waals surface area contributed by atoms with Gasteiger partial charge in [0.1, 0.15) is 11.1 Å². The number of thiazole rings is 1. The van der Waals surface area contributed by atoms with Crippen LogP contribution in [0.15, 0.2) is 23.6 Å². The number of esters is 1. The Bertz CT molecular complexity index is 1070. The minimum absolute atomic E-state index is 0.0121. The molecule has 7 heteroatoms. The first-order valence-corrected chi connectivity index (χ1v) is 10.4. The molecule has 2 aliphatic heterocycles. The van der Waals surface area contributed by atoms with Gasteiger partial charge in [0.15, 0.2) is 5.69 Å². The number of rotatable bonds is 3. The van der Waals surface area contributed by atoms with Crippen LogP contribution in [-0.2, 0) is 4.74 Å². The summed E-state index contributed by atoms with van der Waals surface area (Å²) in [5.74, 6) is 0.203. The topological polar surface area (TPSA) is 71.1 Å². The average Bonchev–Trinajstić information content (AvgIpc) is 3.25. The largest absolute Gasteiger partial charge is 0.456 e. The van der Waals surface area contributed by atoms with E-state index in [9.17, 15) is 4.79 Å². The van der Waals surface area contributed by atoms with Gasteiger partial charge in [-0.05, 0) is 38.3 Å². The summed E-state index contributed by atoms with van der Waals surface area (Å²) in [6, 6.07) is 5.93.